The standard InChI is InChI=1S/C18H19NO2/c20-18(14-10-11-21-12-14)19(15-8-9-15)17-7-3-5-13-4-1-2-6-16(13)17/h1-2,4,6,10-12,15,17H,3,5,7-9H2. The maximum absolute atomic E-state index is 12.9. The molecule has 108 valence electrons. The minimum absolute atomic E-state index is 0.118. The van der Waals surface area contributed by atoms with Crippen LogP contribution in [0.4, 0.5) is 0 Å². The third-order valence-corrected chi connectivity index (χ3v) is 4.62. The maximum atomic E-state index is 12.9. The molecule has 1 unspecified atom stereocenters. The summed E-state index contributed by atoms with van der Waals surface area (Å²) in [4.78, 5) is 15.0. The maximum Gasteiger partial charge on any atom is 0.257 e. The Balaban J connectivity index is 1.71. The van der Waals surface area contributed by atoms with Crippen LogP contribution in [0.2, 0.25) is 0 Å². The Morgan fingerprint density at radius 1 is 1.14 bits per heavy atom. The average Bonchev–Trinajstić information content (AvgIpc) is 3.20. The smallest absolute Gasteiger partial charge is 0.257 e. The molecule has 3 nitrogen and oxygen atoms in total. The first-order valence-corrected chi connectivity index (χ1v) is 7.77. The van der Waals surface area contributed by atoms with Gasteiger partial charge in [0.15, 0.2) is 0 Å². The minimum atomic E-state index is 0.118. The Bertz CT molecular complexity index is 643. The molecule has 0 spiro atoms. The Labute approximate surface area is 124 Å². The zero-order chi connectivity index (χ0) is 14.2. The summed E-state index contributed by atoms with van der Waals surface area (Å²) in [5, 5.41) is 0. The summed E-state index contributed by atoms with van der Waals surface area (Å²) in [6.45, 7) is 0. The highest BCUT2D eigenvalue weighted by Gasteiger charge is 2.39. The van der Waals surface area contributed by atoms with Gasteiger partial charge in [0, 0.05) is 6.04 Å². The number of fused-ring (bicyclic) bond motifs is 1. The van der Waals surface area contributed by atoms with Crippen molar-refractivity contribution in [2.24, 2.45) is 0 Å². The summed E-state index contributed by atoms with van der Waals surface area (Å²) in [6, 6.07) is 11.0. The van der Waals surface area contributed by atoms with Crippen LogP contribution in [0.3, 0.4) is 0 Å². The van der Waals surface area contributed by atoms with Gasteiger partial charge < -0.3 is 9.32 Å². The first-order chi connectivity index (χ1) is 10.3. The van der Waals surface area contributed by atoms with Crippen molar-refractivity contribution in [1.29, 1.82) is 0 Å². The zero-order valence-electron chi connectivity index (χ0n) is 12.0. The first kappa shape index (κ1) is 12.7. The molecular weight excluding hydrogens is 262 g/mol. The molecule has 4 rings (SSSR count). The summed E-state index contributed by atoms with van der Waals surface area (Å²) >= 11 is 0. The quantitative estimate of drug-likeness (QED) is 0.853. The van der Waals surface area contributed by atoms with Crippen molar-refractivity contribution in [2.75, 3.05) is 0 Å². The third kappa shape index (κ3) is 2.27. The number of benzene rings is 1. The fourth-order valence-corrected chi connectivity index (χ4v) is 3.47. The average molecular weight is 281 g/mol. The number of aryl methyl sites for hydroxylation is 1. The monoisotopic (exact) mass is 281 g/mol. The molecule has 2 aromatic rings. The number of furan rings is 1. The van der Waals surface area contributed by atoms with Crippen LogP contribution in [0, 0.1) is 0 Å². The van der Waals surface area contributed by atoms with E-state index in [0.29, 0.717) is 11.6 Å². The molecule has 2 aliphatic rings. The number of nitrogens with zero attached hydrogens (tertiary/aromatic N) is 1. The Morgan fingerprint density at radius 2 is 2.00 bits per heavy atom. The van der Waals surface area contributed by atoms with E-state index in [1.54, 1.807) is 18.6 Å². The van der Waals surface area contributed by atoms with Crippen LogP contribution in [0.15, 0.2) is 47.3 Å². The molecule has 0 bridgehead atoms. The van der Waals surface area contributed by atoms with Crippen LogP contribution in [-0.2, 0) is 6.42 Å². The normalized spacial score (nSPS) is 20.9. The van der Waals surface area contributed by atoms with Gasteiger partial charge in [-0.25, -0.2) is 0 Å². The zero-order valence-corrected chi connectivity index (χ0v) is 12.0. The highest BCUT2D eigenvalue weighted by atomic mass is 16.3. The van der Waals surface area contributed by atoms with Crippen LogP contribution >= 0.6 is 0 Å². The topological polar surface area (TPSA) is 33.5 Å². The minimum Gasteiger partial charge on any atom is -0.472 e. The van der Waals surface area contributed by atoms with Crippen molar-refractivity contribution in [1.82, 2.24) is 4.90 Å². The number of rotatable bonds is 3. The summed E-state index contributed by atoms with van der Waals surface area (Å²) in [6.07, 6.45) is 8.75. The molecule has 1 saturated carbocycles. The predicted molar refractivity (Wildman–Crippen MR) is 80.0 cm³/mol. The molecule has 1 aromatic carbocycles. The summed E-state index contributed by atoms with van der Waals surface area (Å²) in [7, 11) is 0. The van der Waals surface area contributed by atoms with Gasteiger partial charge in [-0.3, -0.25) is 4.79 Å². The molecular formula is C18H19NO2. The summed E-state index contributed by atoms with van der Waals surface area (Å²) < 4.78 is 5.10. The van der Waals surface area contributed by atoms with E-state index >= 15 is 0 Å². The SMILES string of the molecule is O=C(c1ccoc1)N(C1CC1)C1CCCc2ccccc21. The van der Waals surface area contributed by atoms with E-state index in [2.05, 4.69) is 29.2 Å². The van der Waals surface area contributed by atoms with Gasteiger partial charge in [0.2, 0.25) is 0 Å². The fraction of sp³-hybridized carbons (Fsp3) is 0.389. The van der Waals surface area contributed by atoms with E-state index in [4.69, 9.17) is 4.42 Å². The molecule has 1 amide bonds. The lowest BCUT2D eigenvalue weighted by Crippen LogP contribution is -2.38. The lowest BCUT2D eigenvalue weighted by molar-refractivity contribution is 0.0637. The molecule has 3 heteroatoms. The van der Waals surface area contributed by atoms with Crippen molar-refractivity contribution in [2.45, 2.75) is 44.2 Å². The van der Waals surface area contributed by atoms with Gasteiger partial charge in [-0.1, -0.05) is 24.3 Å². The largest absolute Gasteiger partial charge is 0.472 e. The van der Waals surface area contributed by atoms with Crippen molar-refractivity contribution < 1.29 is 9.21 Å². The van der Waals surface area contributed by atoms with E-state index < -0.39 is 0 Å². The molecule has 0 aliphatic heterocycles. The van der Waals surface area contributed by atoms with E-state index in [1.165, 1.54) is 11.1 Å². The molecule has 0 radical (unpaired) electrons. The van der Waals surface area contributed by atoms with Gasteiger partial charge in [-0.05, 0) is 49.3 Å². The van der Waals surface area contributed by atoms with Gasteiger partial charge >= 0.3 is 0 Å². The van der Waals surface area contributed by atoms with E-state index in [0.717, 1.165) is 32.1 Å². The van der Waals surface area contributed by atoms with Crippen molar-refractivity contribution >= 4 is 5.91 Å². The van der Waals surface area contributed by atoms with E-state index in [-0.39, 0.29) is 11.9 Å². The van der Waals surface area contributed by atoms with Crippen LogP contribution in [0.1, 0.15) is 53.2 Å². The van der Waals surface area contributed by atoms with Gasteiger partial charge in [-0.15, -0.1) is 0 Å². The number of carbonyl (C=O) groups excluding carboxylic acids is 1. The van der Waals surface area contributed by atoms with E-state index in [9.17, 15) is 4.79 Å². The molecule has 1 aromatic heterocycles. The molecule has 1 atom stereocenters. The van der Waals surface area contributed by atoms with Crippen molar-refractivity contribution in [3.63, 3.8) is 0 Å². The summed E-state index contributed by atoms with van der Waals surface area (Å²) in [5.41, 5.74) is 3.41. The predicted octanol–water partition coefficient (Wildman–Crippen LogP) is 3.96. The van der Waals surface area contributed by atoms with Gasteiger partial charge in [0.1, 0.15) is 6.26 Å². The molecule has 0 N–H and O–H groups in total. The Hall–Kier alpha value is -2.03. The first-order valence-electron chi connectivity index (χ1n) is 7.77. The second-order valence-corrected chi connectivity index (χ2v) is 6.06. The van der Waals surface area contributed by atoms with Crippen LogP contribution < -0.4 is 0 Å². The molecule has 2 aliphatic carbocycles. The van der Waals surface area contributed by atoms with Crippen LogP contribution in [0.25, 0.3) is 0 Å². The van der Waals surface area contributed by atoms with Crippen LogP contribution in [0.5, 0.6) is 0 Å². The highest BCUT2D eigenvalue weighted by molar-refractivity contribution is 5.94. The number of hydrogen-bond donors (Lipinski definition) is 0. The van der Waals surface area contributed by atoms with E-state index in [1.807, 2.05) is 0 Å². The Kier molecular flexibility index (Phi) is 3.06. The van der Waals surface area contributed by atoms with Gasteiger partial charge in [0.05, 0.1) is 17.9 Å². The number of amides is 1. The van der Waals surface area contributed by atoms with Gasteiger partial charge in [-0.2, -0.15) is 0 Å². The lowest BCUT2D eigenvalue weighted by atomic mass is 9.86. The fourth-order valence-electron chi connectivity index (χ4n) is 3.47. The lowest BCUT2D eigenvalue weighted by Gasteiger charge is -2.36. The van der Waals surface area contributed by atoms with Gasteiger partial charge in [0.25, 0.3) is 5.91 Å². The van der Waals surface area contributed by atoms with Crippen LogP contribution in [-0.4, -0.2) is 16.8 Å². The molecule has 1 heterocycles. The number of hydrogen-bond acceptors (Lipinski definition) is 2. The third-order valence-electron chi connectivity index (χ3n) is 4.62. The second kappa shape index (κ2) is 5.06. The second-order valence-electron chi connectivity index (χ2n) is 6.06. The Morgan fingerprint density at radius 3 is 2.76 bits per heavy atom. The summed E-state index contributed by atoms with van der Waals surface area (Å²) in [5.74, 6) is 0.118. The van der Waals surface area contributed by atoms with Crippen molar-refractivity contribution in [3.8, 4) is 0 Å². The van der Waals surface area contributed by atoms with Crippen molar-refractivity contribution in [3.05, 3.63) is 59.5 Å². The number of carbonyl (C=O) groups is 1. The molecule has 0 saturated heterocycles. The molecule has 21 heavy (non-hydrogen) atoms. The molecule has 1 fully saturated rings. The highest BCUT2D eigenvalue weighted by Crippen LogP contribution is 2.41.